The highest BCUT2D eigenvalue weighted by Crippen LogP contribution is 2.39. The lowest BCUT2D eigenvalue weighted by Gasteiger charge is -2.48. The lowest BCUT2D eigenvalue weighted by molar-refractivity contribution is -0.193. The van der Waals surface area contributed by atoms with Crippen LogP contribution in [0.2, 0.25) is 0 Å². The van der Waals surface area contributed by atoms with E-state index < -0.39 is 0 Å². The summed E-state index contributed by atoms with van der Waals surface area (Å²) in [4.78, 5) is 13.2. The highest BCUT2D eigenvalue weighted by molar-refractivity contribution is 5.73. The molecule has 0 bridgehead atoms. The number of hydrogen-bond acceptors (Lipinski definition) is 3. The third kappa shape index (κ3) is 2.86. The van der Waals surface area contributed by atoms with Crippen LogP contribution < -0.4 is 0 Å². The summed E-state index contributed by atoms with van der Waals surface area (Å²) in [5.74, 6) is 0.573. The normalized spacial score (nSPS) is 31.9. The van der Waals surface area contributed by atoms with Gasteiger partial charge in [-0.05, 0) is 25.2 Å². The second-order valence-corrected chi connectivity index (χ2v) is 6.18. The van der Waals surface area contributed by atoms with Crippen LogP contribution in [0.1, 0.15) is 46.5 Å². The zero-order valence-electron chi connectivity index (χ0n) is 11.7. The van der Waals surface area contributed by atoms with E-state index in [9.17, 15) is 9.90 Å². The molecule has 0 aromatic rings. The fourth-order valence-corrected chi connectivity index (χ4v) is 3.16. The molecule has 104 valence electrons. The van der Waals surface area contributed by atoms with Gasteiger partial charge in [0, 0.05) is 26.4 Å². The number of amides is 1. The first kappa shape index (κ1) is 13.8. The molecule has 2 saturated heterocycles. The Labute approximate surface area is 109 Å². The third-order valence-corrected chi connectivity index (χ3v) is 4.38. The van der Waals surface area contributed by atoms with Crippen molar-refractivity contribution in [2.45, 2.75) is 64.3 Å². The summed E-state index contributed by atoms with van der Waals surface area (Å²) in [6.07, 6.45) is 3.07. The molecule has 2 heterocycles. The molecule has 1 N–H and O–H groups in total. The predicted octanol–water partition coefficient (Wildman–Crippen LogP) is 1.56. The Morgan fingerprint density at radius 2 is 2.00 bits per heavy atom. The van der Waals surface area contributed by atoms with Crippen LogP contribution in [0.5, 0.6) is 0 Å². The van der Waals surface area contributed by atoms with Crippen LogP contribution in [-0.2, 0) is 9.53 Å². The molecule has 4 heteroatoms. The van der Waals surface area contributed by atoms with E-state index in [0.717, 1.165) is 38.8 Å². The van der Waals surface area contributed by atoms with Crippen molar-refractivity contribution in [3.05, 3.63) is 0 Å². The number of piperidine rings is 1. The summed E-state index contributed by atoms with van der Waals surface area (Å²) in [5, 5.41) is 10.1. The minimum atomic E-state index is -0.255. The average Bonchev–Trinajstić information content (AvgIpc) is 2.28. The third-order valence-electron chi connectivity index (χ3n) is 4.38. The topological polar surface area (TPSA) is 49.8 Å². The fraction of sp³-hybridized carbons (Fsp3) is 0.929. The van der Waals surface area contributed by atoms with E-state index in [-0.39, 0.29) is 23.7 Å². The van der Waals surface area contributed by atoms with Gasteiger partial charge in [-0.1, -0.05) is 13.8 Å². The summed E-state index contributed by atoms with van der Waals surface area (Å²) in [7, 11) is 0. The monoisotopic (exact) mass is 255 g/mol. The number of aliphatic hydroxyl groups is 1. The van der Waals surface area contributed by atoms with Gasteiger partial charge in [-0.2, -0.15) is 0 Å². The Hall–Kier alpha value is -0.610. The number of ether oxygens (including phenoxy) is 1. The van der Waals surface area contributed by atoms with Gasteiger partial charge in [0.05, 0.1) is 17.8 Å². The minimum absolute atomic E-state index is 0.140. The van der Waals surface area contributed by atoms with Crippen LogP contribution in [0.3, 0.4) is 0 Å². The largest absolute Gasteiger partial charge is 0.393 e. The molecule has 1 amide bonds. The van der Waals surface area contributed by atoms with Gasteiger partial charge in [-0.3, -0.25) is 4.79 Å². The van der Waals surface area contributed by atoms with Gasteiger partial charge >= 0.3 is 0 Å². The molecule has 2 aliphatic rings. The van der Waals surface area contributed by atoms with Crippen molar-refractivity contribution in [1.29, 1.82) is 0 Å². The molecule has 2 rings (SSSR count). The molecule has 4 nitrogen and oxygen atoms in total. The molecule has 2 atom stereocenters. The van der Waals surface area contributed by atoms with Gasteiger partial charge in [-0.15, -0.1) is 0 Å². The van der Waals surface area contributed by atoms with E-state index in [1.165, 1.54) is 0 Å². The number of nitrogens with zero attached hydrogens (tertiary/aromatic N) is 1. The van der Waals surface area contributed by atoms with Crippen molar-refractivity contribution in [3.63, 3.8) is 0 Å². The van der Waals surface area contributed by atoms with E-state index in [1.807, 2.05) is 4.90 Å². The van der Waals surface area contributed by atoms with Crippen molar-refractivity contribution in [1.82, 2.24) is 4.90 Å². The number of carbonyl (C=O) groups excluding carboxylic acids is 1. The van der Waals surface area contributed by atoms with Crippen molar-refractivity contribution in [2.24, 2.45) is 5.92 Å². The molecule has 0 unspecified atom stereocenters. The molecule has 2 fully saturated rings. The van der Waals surface area contributed by atoms with Crippen LogP contribution in [0.4, 0.5) is 0 Å². The smallest absolute Gasteiger partial charge is 0.219 e. The van der Waals surface area contributed by atoms with E-state index in [2.05, 4.69) is 13.8 Å². The highest BCUT2D eigenvalue weighted by atomic mass is 16.5. The standard InChI is InChI=1S/C14H25NO3/c1-10(2)13-8-12(17)9-14(18-13)4-6-15(7-5-14)11(3)16/h10,12-13,17H,4-9H2,1-3H3/t12-,13-/m1/s1. The maximum atomic E-state index is 11.3. The Morgan fingerprint density at radius 3 is 2.50 bits per heavy atom. The molecular formula is C14H25NO3. The molecule has 0 radical (unpaired) electrons. The number of hydrogen-bond donors (Lipinski definition) is 1. The maximum Gasteiger partial charge on any atom is 0.219 e. The van der Waals surface area contributed by atoms with Crippen LogP contribution in [0, 0.1) is 5.92 Å². The van der Waals surface area contributed by atoms with Crippen LogP contribution in [0.15, 0.2) is 0 Å². The first-order valence-electron chi connectivity index (χ1n) is 7.03. The molecule has 0 saturated carbocycles. The first-order valence-corrected chi connectivity index (χ1v) is 7.03. The van der Waals surface area contributed by atoms with E-state index in [0.29, 0.717) is 5.92 Å². The Balaban J connectivity index is 2.01. The van der Waals surface area contributed by atoms with Crippen LogP contribution in [0.25, 0.3) is 0 Å². The zero-order valence-corrected chi connectivity index (χ0v) is 11.7. The van der Waals surface area contributed by atoms with Crippen molar-refractivity contribution < 1.29 is 14.6 Å². The molecule has 18 heavy (non-hydrogen) atoms. The van der Waals surface area contributed by atoms with Crippen molar-refractivity contribution in [3.8, 4) is 0 Å². The molecule has 0 aromatic carbocycles. The lowest BCUT2D eigenvalue weighted by Crippen LogP contribution is -2.54. The van der Waals surface area contributed by atoms with E-state index in [1.54, 1.807) is 6.92 Å². The van der Waals surface area contributed by atoms with Gasteiger partial charge in [0.2, 0.25) is 5.91 Å². The SMILES string of the molecule is CC(=O)N1CCC2(CC1)C[C@H](O)C[C@H](C(C)C)O2. The van der Waals surface area contributed by atoms with Gasteiger partial charge in [0.1, 0.15) is 0 Å². The number of rotatable bonds is 1. The lowest BCUT2D eigenvalue weighted by atomic mass is 9.80. The molecule has 0 aromatic heterocycles. The summed E-state index contributed by atoms with van der Waals surface area (Å²) >= 11 is 0. The van der Waals surface area contributed by atoms with E-state index in [4.69, 9.17) is 4.74 Å². The molecule has 1 spiro atoms. The number of carbonyl (C=O) groups is 1. The number of likely N-dealkylation sites (tertiary alicyclic amines) is 1. The number of aliphatic hydroxyl groups excluding tert-OH is 1. The van der Waals surface area contributed by atoms with Gasteiger partial charge in [-0.25, -0.2) is 0 Å². The molecule has 2 aliphatic heterocycles. The molecule has 0 aliphatic carbocycles. The van der Waals surface area contributed by atoms with Gasteiger partial charge in [0.25, 0.3) is 0 Å². The van der Waals surface area contributed by atoms with Gasteiger partial charge < -0.3 is 14.7 Å². The average molecular weight is 255 g/mol. The fourth-order valence-electron chi connectivity index (χ4n) is 3.16. The summed E-state index contributed by atoms with van der Waals surface area (Å²) in [6.45, 7) is 7.41. The van der Waals surface area contributed by atoms with Gasteiger partial charge in [0.15, 0.2) is 0 Å². The predicted molar refractivity (Wildman–Crippen MR) is 69.2 cm³/mol. The molecular weight excluding hydrogens is 230 g/mol. The zero-order chi connectivity index (χ0) is 13.3. The van der Waals surface area contributed by atoms with Crippen LogP contribution in [-0.4, -0.2) is 46.8 Å². The Morgan fingerprint density at radius 1 is 1.39 bits per heavy atom. The van der Waals surface area contributed by atoms with Crippen LogP contribution >= 0.6 is 0 Å². The Kier molecular flexibility index (Phi) is 3.97. The highest BCUT2D eigenvalue weighted by Gasteiger charge is 2.44. The quantitative estimate of drug-likeness (QED) is 0.773. The summed E-state index contributed by atoms with van der Waals surface area (Å²) in [6, 6.07) is 0. The van der Waals surface area contributed by atoms with Crippen molar-refractivity contribution >= 4 is 5.91 Å². The summed E-state index contributed by atoms with van der Waals surface area (Å²) in [5.41, 5.74) is -0.196. The minimum Gasteiger partial charge on any atom is -0.393 e. The summed E-state index contributed by atoms with van der Waals surface area (Å²) < 4.78 is 6.28. The van der Waals surface area contributed by atoms with Crippen molar-refractivity contribution in [2.75, 3.05) is 13.1 Å². The maximum absolute atomic E-state index is 11.3. The Bertz CT molecular complexity index is 308. The second-order valence-electron chi connectivity index (χ2n) is 6.18. The second kappa shape index (κ2) is 5.17. The first-order chi connectivity index (χ1) is 8.42. The van der Waals surface area contributed by atoms with E-state index >= 15 is 0 Å².